The largest absolute Gasteiger partial charge is 0.486 e. The molecule has 0 saturated carbocycles. The van der Waals surface area contributed by atoms with Crippen molar-refractivity contribution in [3.05, 3.63) is 35.3 Å². The van der Waals surface area contributed by atoms with E-state index in [1.165, 1.54) is 6.08 Å². The highest BCUT2D eigenvalue weighted by Crippen LogP contribution is 2.31. The van der Waals surface area contributed by atoms with Gasteiger partial charge in [0.1, 0.15) is 5.76 Å². The van der Waals surface area contributed by atoms with Crippen molar-refractivity contribution in [1.29, 1.82) is 0 Å². The SMILES string of the molecule is CCOC(=O)/C=C1\OC(=O)C2=C1C/C=C\[C@@H](C)CO2. The molecule has 0 N–H and O–H groups in total. The zero-order valence-corrected chi connectivity index (χ0v) is 11.0. The van der Waals surface area contributed by atoms with Crippen molar-refractivity contribution in [3.8, 4) is 0 Å². The van der Waals surface area contributed by atoms with Gasteiger partial charge in [0.25, 0.3) is 0 Å². The van der Waals surface area contributed by atoms with Gasteiger partial charge in [-0.15, -0.1) is 0 Å². The van der Waals surface area contributed by atoms with Crippen LogP contribution < -0.4 is 0 Å². The third kappa shape index (κ3) is 3.05. The lowest BCUT2D eigenvalue weighted by Gasteiger charge is -2.12. The van der Waals surface area contributed by atoms with Crippen molar-refractivity contribution in [2.45, 2.75) is 20.3 Å². The molecular formula is C14H16O5. The normalized spacial score (nSPS) is 26.1. The molecule has 2 aliphatic rings. The number of esters is 2. The van der Waals surface area contributed by atoms with Crippen LogP contribution in [0.3, 0.4) is 0 Å². The molecule has 0 saturated heterocycles. The molecule has 2 aliphatic heterocycles. The Morgan fingerprint density at radius 3 is 3.11 bits per heavy atom. The number of cyclic esters (lactones) is 1. The van der Waals surface area contributed by atoms with Crippen LogP contribution in [-0.4, -0.2) is 25.2 Å². The fraction of sp³-hybridized carbons (Fsp3) is 0.429. The first-order valence-corrected chi connectivity index (χ1v) is 6.25. The Labute approximate surface area is 111 Å². The van der Waals surface area contributed by atoms with E-state index in [1.54, 1.807) is 6.92 Å². The summed E-state index contributed by atoms with van der Waals surface area (Å²) >= 11 is 0. The standard InChI is InChI=1S/C14H16O5/c1-3-17-12(15)7-11-10-6-4-5-9(2)8-18-13(10)14(16)19-11/h4-5,7,9H,3,6,8H2,1-2H3/b5-4-,11-7-/t9-/m1/s1. The second-order valence-electron chi connectivity index (χ2n) is 4.38. The van der Waals surface area contributed by atoms with Crippen LogP contribution in [0.25, 0.3) is 0 Å². The second kappa shape index (κ2) is 5.73. The minimum absolute atomic E-state index is 0.201. The Morgan fingerprint density at radius 2 is 2.37 bits per heavy atom. The lowest BCUT2D eigenvalue weighted by atomic mass is 10.1. The molecule has 0 aromatic rings. The maximum atomic E-state index is 11.7. The van der Waals surface area contributed by atoms with Crippen molar-refractivity contribution in [2.75, 3.05) is 13.2 Å². The molecule has 5 nitrogen and oxygen atoms in total. The number of hydrogen-bond donors (Lipinski definition) is 0. The Morgan fingerprint density at radius 1 is 1.58 bits per heavy atom. The lowest BCUT2D eigenvalue weighted by molar-refractivity contribution is -0.138. The molecule has 0 aromatic heterocycles. The molecule has 1 atom stereocenters. The average Bonchev–Trinajstić information content (AvgIpc) is 2.60. The third-order valence-corrected chi connectivity index (χ3v) is 2.77. The molecule has 102 valence electrons. The smallest absolute Gasteiger partial charge is 0.379 e. The van der Waals surface area contributed by atoms with E-state index in [9.17, 15) is 9.59 Å². The highest BCUT2D eigenvalue weighted by molar-refractivity contribution is 5.94. The van der Waals surface area contributed by atoms with E-state index >= 15 is 0 Å². The van der Waals surface area contributed by atoms with Gasteiger partial charge in [0.2, 0.25) is 5.76 Å². The van der Waals surface area contributed by atoms with E-state index in [1.807, 2.05) is 19.1 Å². The number of carbonyl (C=O) groups excluding carboxylic acids is 2. The fourth-order valence-corrected chi connectivity index (χ4v) is 1.88. The zero-order valence-electron chi connectivity index (χ0n) is 11.0. The molecule has 5 heteroatoms. The van der Waals surface area contributed by atoms with Crippen molar-refractivity contribution in [1.82, 2.24) is 0 Å². The predicted octanol–water partition coefficient (Wildman–Crippen LogP) is 1.86. The maximum absolute atomic E-state index is 11.7. The summed E-state index contributed by atoms with van der Waals surface area (Å²) < 4.78 is 15.3. The predicted molar refractivity (Wildman–Crippen MR) is 66.7 cm³/mol. The zero-order chi connectivity index (χ0) is 13.8. The summed E-state index contributed by atoms with van der Waals surface area (Å²) in [6, 6.07) is 0. The van der Waals surface area contributed by atoms with Crippen LogP contribution in [0.15, 0.2) is 35.3 Å². The molecule has 0 radical (unpaired) electrons. The van der Waals surface area contributed by atoms with Gasteiger partial charge in [-0.25, -0.2) is 9.59 Å². The minimum atomic E-state index is -0.548. The number of carbonyl (C=O) groups is 2. The highest BCUT2D eigenvalue weighted by atomic mass is 16.6. The van der Waals surface area contributed by atoms with Crippen LogP contribution >= 0.6 is 0 Å². The van der Waals surface area contributed by atoms with E-state index in [2.05, 4.69) is 0 Å². The van der Waals surface area contributed by atoms with Crippen LogP contribution in [-0.2, 0) is 23.8 Å². The van der Waals surface area contributed by atoms with Gasteiger partial charge < -0.3 is 14.2 Å². The molecule has 0 fully saturated rings. The van der Waals surface area contributed by atoms with Crippen molar-refractivity contribution < 1.29 is 23.8 Å². The molecule has 0 bridgehead atoms. The third-order valence-electron chi connectivity index (χ3n) is 2.77. The summed E-state index contributed by atoms with van der Waals surface area (Å²) in [6.45, 7) is 4.40. The maximum Gasteiger partial charge on any atom is 0.379 e. The number of allylic oxidation sites excluding steroid dienone is 2. The van der Waals surface area contributed by atoms with Crippen LogP contribution in [0.5, 0.6) is 0 Å². The number of ether oxygens (including phenoxy) is 3. The first-order chi connectivity index (χ1) is 9.11. The van der Waals surface area contributed by atoms with Gasteiger partial charge >= 0.3 is 11.9 Å². The van der Waals surface area contributed by atoms with E-state index in [4.69, 9.17) is 14.2 Å². The number of rotatable bonds is 2. The Bertz CT molecular complexity index is 484. The topological polar surface area (TPSA) is 61.8 Å². The molecule has 2 rings (SSSR count). The summed E-state index contributed by atoms with van der Waals surface area (Å²) in [5.74, 6) is -0.421. The Balaban J connectivity index is 2.25. The molecule has 2 heterocycles. The minimum Gasteiger partial charge on any atom is -0.486 e. The van der Waals surface area contributed by atoms with Crippen LogP contribution in [0.4, 0.5) is 0 Å². The van der Waals surface area contributed by atoms with Gasteiger partial charge in [-0.05, 0) is 13.3 Å². The summed E-state index contributed by atoms with van der Waals surface area (Å²) in [6.07, 6.45) is 5.64. The van der Waals surface area contributed by atoms with E-state index in [-0.39, 0.29) is 24.0 Å². The van der Waals surface area contributed by atoms with Gasteiger partial charge in [0.15, 0.2) is 0 Å². The second-order valence-corrected chi connectivity index (χ2v) is 4.38. The summed E-state index contributed by atoms with van der Waals surface area (Å²) in [7, 11) is 0. The molecular weight excluding hydrogens is 248 g/mol. The van der Waals surface area contributed by atoms with Crippen molar-refractivity contribution in [2.24, 2.45) is 5.92 Å². The summed E-state index contributed by atoms with van der Waals surface area (Å²) in [4.78, 5) is 23.1. The molecule has 19 heavy (non-hydrogen) atoms. The van der Waals surface area contributed by atoms with Crippen molar-refractivity contribution >= 4 is 11.9 Å². The first-order valence-electron chi connectivity index (χ1n) is 6.25. The average molecular weight is 264 g/mol. The molecule has 0 aromatic carbocycles. The van der Waals surface area contributed by atoms with Gasteiger partial charge in [-0.1, -0.05) is 19.1 Å². The van der Waals surface area contributed by atoms with Crippen LogP contribution in [0, 0.1) is 5.92 Å². The molecule has 0 aliphatic carbocycles. The van der Waals surface area contributed by atoms with Crippen LogP contribution in [0.2, 0.25) is 0 Å². The first kappa shape index (κ1) is 13.4. The lowest BCUT2D eigenvalue weighted by Crippen LogP contribution is -2.10. The number of hydrogen-bond acceptors (Lipinski definition) is 5. The highest BCUT2D eigenvalue weighted by Gasteiger charge is 2.32. The molecule has 0 unspecified atom stereocenters. The van der Waals surface area contributed by atoms with Gasteiger partial charge in [0, 0.05) is 11.5 Å². The van der Waals surface area contributed by atoms with E-state index in [0.717, 1.165) is 0 Å². The summed E-state index contributed by atoms with van der Waals surface area (Å²) in [5, 5.41) is 0. The Hall–Kier alpha value is -2.04. The quantitative estimate of drug-likeness (QED) is 0.433. The summed E-state index contributed by atoms with van der Waals surface area (Å²) in [5.41, 5.74) is 0.598. The Kier molecular flexibility index (Phi) is 4.04. The van der Waals surface area contributed by atoms with Gasteiger partial charge in [-0.3, -0.25) is 0 Å². The molecule has 0 amide bonds. The monoisotopic (exact) mass is 264 g/mol. The van der Waals surface area contributed by atoms with E-state index < -0.39 is 11.9 Å². The molecule has 0 spiro atoms. The van der Waals surface area contributed by atoms with Crippen molar-refractivity contribution in [3.63, 3.8) is 0 Å². The van der Waals surface area contributed by atoms with E-state index in [0.29, 0.717) is 18.6 Å². The van der Waals surface area contributed by atoms with Gasteiger partial charge in [0.05, 0.1) is 19.3 Å². The van der Waals surface area contributed by atoms with Gasteiger partial charge in [-0.2, -0.15) is 0 Å². The van der Waals surface area contributed by atoms with Crippen LogP contribution in [0.1, 0.15) is 20.3 Å². The fourth-order valence-electron chi connectivity index (χ4n) is 1.88.